The first-order valence-electron chi connectivity index (χ1n) is 5.20. The first kappa shape index (κ1) is 13.3. The second-order valence-corrected chi connectivity index (χ2v) is 3.80. The number of nitrogens with zero attached hydrogens (tertiary/aromatic N) is 2. The predicted molar refractivity (Wildman–Crippen MR) is 59.8 cm³/mol. The van der Waals surface area contributed by atoms with E-state index in [2.05, 4.69) is 4.74 Å². The summed E-state index contributed by atoms with van der Waals surface area (Å²) in [7, 11) is 1.14. The second-order valence-electron chi connectivity index (χ2n) is 3.80. The molecule has 0 aliphatic rings. The number of hydrogen-bond acceptors (Lipinski definition) is 3. The van der Waals surface area contributed by atoms with Crippen molar-refractivity contribution in [1.82, 2.24) is 4.73 Å². The third-order valence-corrected chi connectivity index (χ3v) is 2.59. The Bertz CT molecular complexity index is 679. The van der Waals surface area contributed by atoms with Gasteiger partial charge in [0.1, 0.15) is 11.2 Å². The molecule has 0 fully saturated rings. The first-order chi connectivity index (χ1) is 8.88. The van der Waals surface area contributed by atoms with Crippen molar-refractivity contribution in [2.24, 2.45) is 0 Å². The van der Waals surface area contributed by atoms with E-state index in [0.717, 1.165) is 13.2 Å². The maximum Gasteiger partial charge on any atom is 0.484 e. The van der Waals surface area contributed by atoms with Crippen LogP contribution in [-0.2, 0) is 17.5 Å². The Morgan fingerprint density at radius 3 is 2.58 bits per heavy atom. The molecular weight excluding hydrogens is 265 g/mol. The SMILES string of the molecule is COCc1c(C(F)(F)F)[n+](=O)c2ccccc2n1[O-]. The van der Waals surface area contributed by atoms with Crippen LogP contribution in [0, 0.1) is 10.1 Å². The maximum atomic E-state index is 12.9. The Labute approximate surface area is 105 Å². The molecule has 5 nitrogen and oxygen atoms in total. The summed E-state index contributed by atoms with van der Waals surface area (Å²) in [5.74, 6) is 0. The van der Waals surface area contributed by atoms with E-state index in [1.54, 1.807) is 0 Å². The summed E-state index contributed by atoms with van der Waals surface area (Å²) in [6.07, 6.45) is -4.94. The highest BCUT2D eigenvalue weighted by atomic mass is 19.4. The summed E-state index contributed by atoms with van der Waals surface area (Å²) in [6.45, 7) is -0.606. The standard InChI is InChI=1S/C11H9F3N2O3/c1-19-6-9-10(11(12,13)14)16(18)8-5-3-2-4-7(8)15(9)17/h2-5H,6H2,1H3. The molecule has 0 aliphatic heterocycles. The van der Waals surface area contributed by atoms with Crippen molar-refractivity contribution in [3.63, 3.8) is 0 Å². The van der Waals surface area contributed by atoms with Crippen molar-refractivity contribution < 1.29 is 22.3 Å². The molecule has 0 radical (unpaired) electrons. The van der Waals surface area contributed by atoms with Gasteiger partial charge in [0.05, 0.1) is 11.0 Å². The number of benzene rings is 1. The molecule has 0 N–H and O–H groups in total. The normalized spacial score (nSPS) is 12.0. The van der Waals surface area contributed by atoms with E-state index in [-0.39, 0.29) is 20.2 Å². The molecule has 8 heteroatoms. The van der Waals surface area contributed by atoms with Gasteiger partial charge < -0.3 is 14.7 Å². The Hall–Kier alpha value is -2.09. The van der Waals surface area contributed by atoms with Crippen LogP contribution in [0.25, 0.3) is 11.0 Å². The second kappa shape index (κ2) is 4.54. The third-order valence-electron chi connectivity index (χ3n) is 2.59. The van der Waals surface area contributed by atoms with Gasteiger partial charge in [0.2, 0.25) is 0 Å². The fourth-order valence-electron chi connectivity index (χ4n) is 1.83. The minimum Gasteiger partial charge on any atom is -0.805 e. The van der Waals surface area contributed by atoms with Gasteiger partial charge in [-0.05, 0) is 6.07 Å². The minimum absolute atomic E-state index is 0.0794. The van der Waals surface area contributed by atoms with E-state index < -0.39 is 24.2 Å². The Balaban J connectivity index is 2.96. The molecule has 0 saturated heterocycles. The number of methoxy groups -OCH3 is 1. The predicted octanol–water partition coefficient (Wildman–Crippen LogP) is 2.07. The van der Waals surface area contributed by atoms with E-state index in [0.29, 0.717) is 0 Å². The van der Waals surface area contributed by atoms with Crippen LogP contribution in [0.3, 0.4) is 0 Å². The molecule has 19 heavy (non-hydrogen) atoms. The van der Waals surface area contributed by atoms with Gasteiger partial charge in [-0.25, -0.2) is 0 Å². The lowest BCUT2D eigenvalue weighted by molar-refractivity contribution is -0.501. The van der Waals surface area contributed by atoms with Gasteiger partial charge in [-0.15, -0.1) is 0 Å². The quantitative estimate of drug-likeness (QED) is 0.787. The molecule has 0 amide bonds. The number of aromatic nitrogens is 2. The van der Waals surface area contributed by atoms with Crippen molar-refractivity contribution in [3.8, 4) is 0 Å². The number of ether oxygens (including phenoxy) is 1. The van der Waals surface area contributed by atoms with Crippen LogP contribution < -0.4 is 4.43 Å². The summed E-state index contributed by atoms with van der Waals surface area (Å²) in [4.78, 5) is 11.8. The minimum atomic E-state index is -4.94. The molecule has 0 aliphatic carbocycles. The topological polar surface area (TPSA) is 60.2 Å². The number of fused-ring (bicyclic) bond motifs is 1. The lowest BCUT2D eigenvalue weighted by atomic mass is 10.2. The average Bonchev–Trinajstić information content (AvgIpc) is 2.34. The van der Waals surface area contributed by atoms with E-state index >= 15 is 0 Å². The lowest BCUT2D eigenvalue weighted by Crippen LogP contribution is -2.34. The van der Waals surface area contributed by atoms with Crippen LogP contribution in [0.15, 0.2) is 24.3 Å². The summed E-state index contributed by atoms with van der Waals surface area (Å²) in [5, 5.41) is 11.9. The summed E-state index contributed by atoms with van der Waals surface area (Å²) < 4.78 is 43.1. The van der Waals surface area contributed by atoms with Crippen molar-refractivity contribution in [2.45, 2.75) is 12.8 Å². The molecule has 0 saturated carbocycles. The molecule has 1 aromatic carbocycles. The molecule has 2 aromatic rings. The largest absolute Gasteiger partial charge is 0.805 e. The number of halogens is 3. The molecule has 0 bridgehead atoms. The fourth-order valence-corrected chi connectivity index (χ4v) is 1.83. The van der Waals surface area contributed by atoms with Crippen LogP contribution in [0.1, 0.15) is 11.4 Å². The number of para-hydroxylation sites is 2. The van der Waals surface area contributed by atoms with Gasteiger partial charge in [-0.1, -0.05) is 12.1 Å². The molecular formula is C11H9F3N2O3. The van der Waals surface area contributed by atoms with Crippen molar-refractivity contribution >= 4 is 11.0 Å². The van der Waals surface area contributed by atoms with Crippen molar-refractivity contribution in [3.05, 3.63) is 45.8 Å². The molecule has 0 spiro atoms. The van der Waals surface area contributed by atoms with Gasteiger partial charge in [0.25, 0.3) is 5.52 Å². The average molecular weight is 274 g/mol. The summed E-state index contributed by atoms with van der Waals surface area (Å²) in [5.41, 5.74) is -2.80. The first-order valence-corrected chi connectivity index (χ1v) is 5.20. The maximum absolute atomic E-state index is 12.9. The van der Waals surface area contributed by atoms with Gasteiger partial charge in [-0.3, -0.25) is 0 Å². The number of rotatable bonds is 2. The van der Waals surface area contributed by atoms with Gasteiger partial charge in [0.15, 0.2) is 0 Å². The van der Waals surface area contributed by atoms with Crippen LogP contribution in [-0.4, -0.2) is 11.8 Å². The zero-order valence-corrected chi connectivity index (χ0v) is 9.77. The molecule has 1 aromatic heterocycles. The molecule has 2 rings (SSSR count). The van der Waals surface area contributed by atoms with Crippen LogP contribution >= 0.6 is 0 Å². The monoisotopic (exact) mass is 274 g/mol. The highest BCUT2D eigenvalue weighted by Gasteiger charge is 2.46. The van der Waals surface area contributed by atoms with Crippen LogP contribution in [0.2, 0.25) is 0 Å². The lowest BCUT2D eigenvalue weighted by Gasteiger charge is -2.19. The van der Waals surface area contributed by atoms with E-state index in [1.165, 1.54) is 18.2 Å². The van der Waals surface area contributed by atoms with Crippen LogP contribution in [0.5, 0.6) is 0 Å². The number of hydrogen-bond donors (Lipinski definition) is 0. The Morgan fingerprint density at radius 1 is 1.37 bits per heavy atom. The molecule has 102 valence electrons. The van der Waals surface area contributed by atoms with Gasteiger partial charge in [-0.2, -0.15) is 13.2 Å². The van der Waals surface area contributed by atoms with E-state index in [9.17, 15) is 23.3 Å². The van der Waals surface area contributed by atoms with Crippen LogP contribution in [0.4, 0.5) is 13.2 Å². The smallest absolute Gasteiger partial charge is 0.484 e. The Kier molecular flexibility index (Phi) is 3.19. The van der Waals surface area contributed by atoms with Crippen molar-refractivity contribution in [1.29, 1.82) is 0 Å². The summed E-state index contributed by atoms with van der Waals surface area (Å²) in [6, 6.07) is 5.27. The molecule has 0 unspecified atom stereocenters. The third kappa shape index (κ3) is 2.14. The van der Waals surface area contributed by atoms with Crippen molar-refractivity contribution in [2.75, 3.05) is 7.11 Å². The Morgan fingerprint density at radius 2 is 2.00 bits per heavy atom. The van der Waals surface area contributed by atoms with E-state index in [1.807, 2.05) is 0 Å². The zero-order valence-electron chi connectivity index (χ0n) is 9.77. The molecule has 1 heterocycles. The van der Waals surface area contributed by atoms with E-state index in [4.69, 9.17) is 0 Å². The zero-order chi connectivity index (χ0) is 14.2. The highest BCUT2D eigenvalue weighted by molar-refractivity contribution is 5.72. The van der Waals surface area contributed by atoms with Gasteiger partial charge in [0, 0.05) is 18.1 Å². The highest BCUT2D eigenvalue weighted by Crippen LogP contribution is 2.30. The summed E-state index contributed by atoms with van der Waals surface area (Å²) >= 11 is 0. The van der Waals surface area contributed by atoms with Gasteiger partial charge >= 0.3 is 11.9 Å². The fraction of sp³-hybridized carbons (Fsp3) is 0.273. The number of alkyl halides is 3. The molecule has 0 atom stereocenters.